The molecular formula is C14H21BrN2S. The fourth-order valence-electron chi connectivity index (χ4n) is 2.59. The van der Waals surface area contributed by atoms with Gasteiger partial charge in [-0.15, -0.1) is 0 Å². The van der Waals surface area contributed by atoms with Gasteiger partial charge in [-0.05, 0) is 31.2 Å². The second-order valence-corrected chi connectivity index (χ2v) is 7.58. The monoisotopic (exact) mass is 328 g/mol. The third-order valence-electron chi connectivity index (χ3n) is 3.80. The molecule has 100 valence electrons. The van der Waals surface area contributed by atoms with Crippen molar-refractivity contribution >= 4 is 27.7 Å². The Bertz CT molecular complexity index is 413. The van der Waals surface area contributed by atoms with Crippen LogP contribution in [0.4, 0.5) is 0 Å². The van der Waals surface area contributed by atoms with Crippen LogP contribution in [0.3, 0.4) is 0 Å². The van der Waals surface area contributed by atoms with Crippen molar-refractivity contribution in [2.24, 2.45) is 5.73 Å². The molecule has 1 heterocycles. The molecule has 2 rings (SSSR count). The topological polar surface area (TPSA) is 29.3 Å². The number of thioether (sulfide) groups is 1. The molecule has 1 aliphatic heterocycles. The van der Waals surface area contributed by atoms with E-state index in [1.807, 2.05) is 11.8 Å². The van der Waals surface area contributed by atoms with Gasteiger partial charge in [-0.1, -0.05) is 35.0 Å². The molecule has 2 unspecified atom stereocenters. The largest absolute Gasteiger partial charge is 0.329 e. The van der Waals surface area contributed by atoms with Gasteiger partial charge in [0.15, 0.2) is 0 Å². The predicted octanol–water partition coefficient (Wildman–Crippen LogP) is 3.10. The Balaban J connectivity index is 2.09. The first-order valence-corrected chi connectivity index (χ1v) is 8.17. The highest BCUT2D eigenvalue weighted by Crippen LogP contribution is 2.38. The van der Waals surface area contributed by atoms with Crippen molar-refractivity contribution in [1.82, 2.24) is 4.90 Å². The fraction of sp³-hybridized carbons (Fsp3) is 0.571. The Labute approximate surface area is 122 Å². The molecule has 0 aromatic heterocycles. The second-order valence-electron chi connectivity index (χ2n) is 5.24. The molecule has 0 bridgehead atoms. The summed E-state index contributed by atoms with van der Waals surface area (Å²) < 4.78 is 1.14. The molecule has 18 heavy (non-hydrogen) atoms. The van der Waals surface area contributed by atoms with Gasteiger partial charge in [0.1, 0.15) is 0 Å². The Hall–Kier alpha value is -0.0300. The number of nitrogens with zero attached hydrogens (tertiary/aromatic N) is 1. The second kappa shape index (κ2) is 5.95. The number of nitrogens with two attached hydrogens (primary N) is 1. The van der Waals surface area contributed by atoms with E-state index in [1.54, 1.807) is 0 Å². The molecule has 2 N–H and O–H groups in total. The zero-order valence-electron chi connectivity index (χ0n) is 11.0. The van der Waals surface area contributed by atoms with E-state index in [0.717, 1.165) is 28.6 Å². The van der Waals surface area contributed by atoms with Crippen LogP contribution in [-0.2, 0) is 6.54 Å². The lowest BCUT2D eigenvalue weighted by Crippen LogP contribution is -2.52. The average molecular weight is 329 g/mol. The van der Waals surface area contributed by atoms with E-state index in [2.05, 4.69) is 59.1 Å². The smallest absolute Gasteiger partial charge is 0.0432 e. The summed E-state index contributed by atoms with van der Waals surface area (Å²) in [4.78, 5) is 2.44. The molecule has 0 radical (unpaired) electrons. The minimum atomic E-state index is 0.173. The van der Waals surface area contributed by atoms with Gasteiger partial charge in [-0.25, -0.2) is 0 Å². The highest BCUT2D eigenvalue weighted by molar-refractivity contribution is 9.10. The van der Waals surface area contributed by atoms with Crippen LogP contribution in [0.5, 0.6) is 0 Å². The molecule has 1 fully saturated rings. The van der Waals surface area contributed by atoms with Gasteiger partial charge in [0.2, 0.25) is 0 Å². The normalized spacial score (nSPS) is 27.9. The number of hydrogen-bond acceptors (Lipinski definition) is 3. The van der Waals surface area contributed by atoms with Crippen molar-refractivity contribution in [2.75, 3.05) is 19.3 Å². The van der Waals surface area contributed by atoms with E-state index >= 15 is 0 Å². The zero-order chi connectivity index (χ0) is 13.2. The molecule has 1 aromatic rings. The van der Waals surface area contributed by atoms with Crippen LogP contribution in [0.2, 0.25) is 0 Å². The molecule has 1 aromatic carbocycles. The SMILES string of the molecule is CC1CC(CN)(N(C)Cc2cccc(Br)c2)CS1. The standard InChI is InChI=1S/C14H21BrN2S/c1-11-7-14(9-16,10-18-11)17(2)8-12-4-3-5-13(15)6-12/h3-6,11H,7-10,16H2,1-2H3. The van der Waals surface area contributed by atoms with Crippen LogP contribution in [0, 0.1) is 0 Å². The summed E-state index contributed by atoms with van der Waals surface area (Å²) in [7, 11) is 2.20. The van der Waals surface area contributed by atoms with Crippen LogP contribution >= 0.6 is 27.7 Å². The quantitative estimate of drug-likeness (QED) is 0.920. The molecule has 2 atom stereocenters. The lowest BCUT2D eigenvalue weighted by Gasteiger charge is -2.37. The summed E-state index contributed by atoms with van der Waals surface area (Å²) in [5, 5.41) is 0.721. The number of benzene rings is 1. The van der Waals surface area contributed by atoms with Gasteiger partial charge < -0.3 is 5.73 Å². The lowest BCUT2D eigenvalue weighted by atomic mass is 9.94. The van der Waals surface area contributed by atoms with Crippen molar-refractivity contribution in [1.29, 1.82) is 0 Å². The third-order valence-corrected chi connectivity index (χ3v) is 5.74. The van der Waals surface area contributed by atoms with Gasteiger partial charge in [-0.2, -0.15) is 11.8 Å². The third kappa shape index (κ3) is 3.10. The first kappa shape index (κ1) is 14.4. The highest BCUT2D eigenvalue weighted by atomic mass is 79.9. The summed E-state index contributed by atoms with van der Waals surface area (Å²) in [6.07, 6.45) is 1.19. The first-order chi connectivity index (χ1) is 8.55. The summed E-state index contributed by atoms with van der Waals surface area (Å²) in [5.41, 5.74) is 7.56. The minimum Gasteiger partial charge on any atom is -0.329 e. The maximum Gasteiger partial charge on any atom is 0.0432 e. The van der Waals surface area contributed by atoms with Crippen molar-refractivity contribution in [2.45, 2.75) is 30.7 Å². The maximum atomic E-state index is 6.05. The summed E-state index contributed by atoms with van der Waals surface area (Å²) in [6, 6.07) is 8.52. The zero-order valence-corrected chi connectivity index (χ0v) is 13.4. The molecule has 2 nitrogen and oxygen atoms in total. The lowest BCUT2D eigenvalue weighted by molar-refractivity contribution is 0.139. The van der Waals surface area contributed by atoms with Crippen LogP contribution in [0.25, 0.3) is 0 Å². The van der Waals surface area contributed by atoms with Crippen LogP contribution in [0.15, 0.2) is 28.7 Å². The number of halogens is 1. The Morgan fingerprint density at radius 3 is 2.89 bits per heavy atom. The van der Waals surface area contributed by atoms with Crippen LogP contribution in [-0.4, -0.2) is 35.0 Å². The summed E-state index contributed by atoms with van der Waals surface area (Å²) >= 11 is 5.57. The van der Waals surface area contributed by atoms with Crippen molar-refractivity contribution in [3.63, 3.8) is 0 Å². The molecule has 0 aliphatic carbocycles. The molecule has 4 heteroatoms. The van der Waals surface area contributed by atoms with E-state index < -0.39 is 0 Å². The number of likely N-dealkylation sites (N-methyl/N-ethyl adjacent to an activating group) is 1. The average Bonchev–Trinajstić information content (AvgIpc) is 2.72. The van der Waals surface area contributed by atoms with Crippen molar-refractivity contribution < 1.29 is 0 Å². The molecule has 0 spiro atoms. The number of rotatable bonds is 4. The van der Waals surface area contributed by atoms with Gasteiger partial charge >= 0.3 is 0 Å². The molecule has 1 aliphatic rings. The first-order valence-electron chi connectivity index (χ1n) is 6.33. The minimum absolute atomic E-state index is 0.173. The van der Waals surface area contributed by atoms with Crippen molar-refractivity contribution in [3.8, 4) is 0 Å². The molecule has 0 amide bonds. The van der Waals surface area contributed by atoms with E-state index in [0.29, 0.717) is 0 Å². The van der Waals surface area contributed by atoms with E-state index in [4.69, 9.17) is 5.73 Å². The fourth-order valence-corrected chi connectivity index (χ4v) is 4.52. The molecular weight excluding hydrogens is 308 g/mol. The van der Waals surface area contributed by atoms with E-state index in [1.165, 1.54) is 12.0 Å². The molecule has 1 saturated heterocycles. The van der Waals surface area contributed by atoms with Gasteiger partial charge in [0.05, 0.1) is 0 Å². The van der Waals surface area contributed by atoms with Gasteiger partial charge in [-0.3, -0.25) is 4.90 Å². The highest BCUT2D eigenvalue weighted by Gasteiger charge is 2.40. The van der Waals surface area contributed by atoms with E-state index in [9.17, 15) is 0 Å². The van der Waals surface area contributed by atoms with E-state index in [-0.39, 0.29) is 5.54 Å². The predicted molar refractivity (Wildman–Crippen MR) is 83.9 cm³/mol. The van der Waals surface area contributed by atoms with Crippen LogP contribution in [0.1, 0.15) is 18.9 Å². The summed E-state index contributed by atoms with van der Waals surface area (Å²) in [6.45, 7) is 4.01. The van der Waals surface area contributed by atoms with Gasteiger partial charge in [0, 0.05) is 34.1 Å². The Kier molecular flexibility index (Phi) is 4.75. The number of hydrogen-bond donors (Lipinski definition) is 1. The molecule has 0 saturated carbocycles. The van der Waals surface area contributed by atoms with Crippen LogP contribution < -0.4 is 5.73 Å². The Morgan fingerprint density at radius 1 is 1.56 bits per heavy atom. The van der Waals surface area contributed by atoms with Gasteiger partial charge in [0.25, 0.3) is 0 Å². The summed E-state index contributed by atoms with van der Waals surface area (Å²) in [5.74, 6) is 1.15. The Morgan fingerprint density at radius 2 is 2.33 bits per heavy atom. The maximum absolute atomic E-state index is 6.05. The van der Waals surface area contributed by atoms with Crippen molar-refractivity contribution in [3.05, 3.63) is 34.3 Å².